The van der Waals surface area contributed by atoms with Crippen LogP contribution in [0.5, 0.6) is 0 Å². The second-order valence-electron chi connectivity index (χ2n) is 5.55. The Morgan fingerprint density at radius 1 is 1.30 bits per heavy atom. The Labute approximate surface area is 131 Å². The summed E-state index contributed by atoms with van der Waals surface area (Å²) in [6.45, 7) is 2.49. The van der Waals surface area contributed by atoms with Crippen molar-refractivity contribution in [3.8, 4) is 5.69 Å². The molecule has 0 saturated carbocycles. The number of benzene rings is 1. The summed E-state index contributed by atoms with van der Waals surface area (Å²) in [6.07, 6.45) is 0.562. The molecular weight excluding hydrogens is 301 g/mol. The van der Waals surface area contributed by atoms with Crippen LogP contribution in [0.4, 0.5) is 4.39 Å². The summed E-state index contributed by atoms with van der Waals surface area (Å²) in [7, 11) is 0. The normalized spacial score (nSPS) is 17.5. The summed E-state index contributed by atoms with van der Waals surface area (Å²) >= 11 is 0. The zero-order chi connectivity index (χ0) is 16.6. The molecule has 0 unspecified atom stereocenters. The lowest BCUT2D eigenvalue weighted by Crippen LogP contribution is -2.32. The third-order valence-electron chi connectivity index (χ3n) is 4.05. The molecule has 2 aromatic rings. The van der Waals surface area contributed by atoms with Crippen LogP contribution in [0.15, 0.2) is 24.3 Å². The highest BCUT2D eigenvalue weighted by Gasteiger charge is 2.32. The lowest BCUT2D eigenvalue weighted by Gasteiger charge is -2.14. The number of nitrogens with two attached hydrogens (primary N) is 1. The number of carbonyl (C=O) groups is 2. The molecule has 120 valence electrons. The molecule has 3 rings (SSSR count). The molecule has 23 heavy (non-hydrogen) atoms. The zero-order valence-corrected chi connectivity index (χ0v) is 12.6. The van der Waals surface area contributed by atoms with Gasteiger partial charge in [0, 0.05) is 13.1 Å². The Bertz CT molecular complexity index is 756. The van der Waals surface area contributed by atoms with Gasteiger partial charge >= 0.3 is 0 Å². The van der Waals surface area contributed by atoms with Crippen molar-refractivity contribution in [2.75, 3.05) is 13.1 Å². The van der Waals surface area contributed by atoms with Crippen molar-refractivity contribution in [3.05, 3.63) is 41.5 Å². The number of halogens is 1. The molecule has 1 aromatic heterocycles. The largest absolute Gasteiger partial charge is 0.369 e. The fraction of sp³-hybridized carbons (Fsp3) is 0.333. The molecule has 1 fully saturated rings. The maximum absolute atomic E-state index is 13.0. The number of rotatable bonds is 3. The Balaban J connectivity index is 1.83. The van der Waals surface area contributed by atoms with E-state index in [1.54, 1.807) is 24.0 Å². The first kappa shape index (κ1) is 15.1. The number of primary amides is 1. The molecule has 2 amide bonds. The Morgan fingerprint density at radius 3 is 2.61 bits per heavy atom. The van der Waals surface area contributed by atoms with Crippen molar-refractivity contribution in [2.45, 2.75) is 13.3 Å². The van der Waals surface area contributed by atoms with Gasteiger partial charge in [0.2, 0.25) is 5.91 Å². The van der Waals surface area contributed by atoms with Gasteiger partial charge in [-0.3, -0.25) is 9.59 Å². The number of hydrogen-bond acceptors (Lipinski definition) is 4. The first-order chi connectivity index (χ1) is 11.0. The number of nitrogens with zero attached hydrogens (tertiary/aromatic N) is 4. The number of carbonyl (C=O) groups excluding carboxylic acids is 2. The van der Waals surface area contributed by atoms with E-state index in [1.165, 1.54) is 16.8 Å². The summed E-state index contributed by atoms with van der Waals surface area (Å²) < 4.78 is 14.5. The molecule has 8 heteroatoms. The van der Waals surface area contributed by atoms with Crippen molar-refractivity contribution in [3.63, 3.8) is 0 Å². The first-order valence-electron chi connectivity index (χ1n) is 7.24. The zero-order valence-electron chi connectivity index (χ0n) is 12.6. The van der Waals surface area contributed by atoms with E-state index >= 15 is 0 Å². The Hall–Kier alpha value is -2.77. The lowest BCUT2D eigenvalue weighted by molar-refractivity contribution is -0.121. The molecule has 0 aliphatic carbocycles. The van der Waals surface area contributed by atoms with Crippen molar-refractivity contribution >= 4 is 11.8 Å². The second-order valence-corrected chi connectivity index (χ2v) is 5.55. The molecule has 0 radical (unpaired) electrons. The summed E-state index contributed by atoms with van der Waals surface area (Å²) in [5, 5.41) is 7.91. The molecule has 2 heterocycles. The average molecular weight is 317 g/mol. The smallest absolute Gasteiger partial charge is 0.276 e. The van der Waals surface area contributed by atoms with Crippen LogP contribution in [0.1, 0.15) is 22.6 Å². The highest BCUT2D eigenvalue weighted by atomic mass is 19.1. The first-order valence-corrected chi connectivity index (χ1v) is 7.24. The predicted octanol–water partition coefficient (Wildman–Crippen LogP) is 0.662. The van der Waals surface area contributed by atoms with Gasteiger partial charge in [-0.1, -0.05) is 5.21 Å². The predicted molar refractivity (Wildman–Crippen MR) is 79.3 cm³/mol. The van der Waals surface area contributed by atoms with Crippen molar-refractivity contribution in [2.24, 2.45) is 11.7 Å². The molecular formula is C15H16FN5O2. The van der Waals surface area contributed by atoms with Gasteiger partial charge in [-0.15, -0.1) is 5.10 Å². The number of hydrogen-bond donors (Lipinski definition) is 1. The van der Waals surface area contributed by atoms with Crippen LogP contribution in [0, 0.1) is 18.7 Å². The van der Waals surface area contributed by atoms with Gasteiger partial charge in [-0.05, 0) is 37.6 Å². The molecule has 1 aromatic carbocycles. The van der Waals surface area contributed by atoms with Crippen molar-refractivity contribution in [1.82, 2.24) is 19.9 Å². The summed E-state index contributed by atoms with van der Waals surface area (Å²) in [5.41, 5.74) is 6.68. The van der Waals surface area contributed by atoms with E-state index in [4.69, 9.17) is 5.73 Å². The number of likely N-dealkylation sites (tertiary alicyclic amines) is 1. The molecule has 7 nitrogen and oxygen atoms in total. The van der Waals surface area contributed by atoms with E-state index in [0.29, 0.717) is 30.9 Å². The van der Waals surface area contributed by atoms with Crippen LogP contribution in [-0.2, 0) is 4.79 Å². The van der Waals surface area contributed by atoms with E-state index in [2.05, 4.69) is 10.3 Å². The van der Waals surface area contributed by atoms with Crippen molar-refractivity contribution in [1.29, 1.82) is 0 Å². The molecule has 1 aliphatic rings. The van der Waals surface area contributed by atoms with Gasteiger partial charge in [0.15, 0.2) is 5.69 Å². The van der Waals surface area contributed by atoms with Crippen LogP contribution in [0.25, 0.3) is 5.69 Å². The topological polar surface area (TPSA) is 94.1 Å². The van der Waals surface area contributed by atoms with E-state index in [1.807, 2.05) is 0 Å². The Kier molecular flexibility index (Phi) is 3.81. The summed E-state index contributed by atoms with van der Waals surface area (Å²) in [4.78, 5) is 25.3. The van der Waals surface area contributed by atoms with Crippen LogP contribution in [-0.4, -0.2) is 44.8 Å². The molecule has 2 N–H and O–H groups in total. The van der Waals surface area contributed by atoms with E-state index in [-0.39, 0.29) is 23.3 Å². The third kappa shape index (κ3) is 2.79. The minimum atomic E-state index is -0.396. The van der Waals surface area contributed by atoms with Gasteiger partial charge in [-0.25, -0.2) is 9.07 Å². The fourth-order valence-corrected chi connectivity index (χ4v) is 2.68. The molecule has 1 atom stereocenters. The molecule has 1 saturated heterocycles. The van der Waals surface area contributed by atoms with Crippen LogP contribution in [0.3, 0.4) is 0 Å². The number of aromatic nitrogens is 3. The summed E-state index contributed by atoms with van der Waals surface area (Å²) in [5.74, 6) is -1.34. The molecule has 0 spiro atoms. The van der Waals surface area contributed by atoms with Crippen LogP contribution in [0.2, 0.25) is 0 Å². The maximum atomic E-state index is 13.0. The van der Waals surface area contributed by atoms with Crippen LogP contribution < -0.4 is 5.73 Å². The van der Waals surface area contributed by atoms with Gasteiger partial charge in [0.05, 0.1) is 17.3 Å². The van der Waals surface area contributed by atoms with Crippen molar-refractivity contribution < 1.29 is 14.0 Å². The highest BCUT2D eigenvalue weighted by molar-refractivity contribution is 5.94. The van der Waals surface area contributed by atoms with Gasteiger partial charge in [0.1, 0.15) is 5.82 Å². The summed E-state index contributed by atoms with van der Waals surface area (Å²) in [6, 6.07) is 5.75. The minimum absolute atomic E-state index is 0.222. The quantitative estimate of drug-likeness (QED) is 0.900. The van der Waals surface area contributed by atoms with Gasteiger partial charge < -0.3 is 10.6 Å². The monoisotopic (exact) mass is 317 g/mol. The SMILES string of the molecule is Cc1c(C(=O)N2CC[C@H](C(N)=O)C2)nnn1-c1ccc(F)cc1. The number of amides is 2. The highest BCUT2D eigenvalue weighted by Crippen LogP contribution is 2.20. The third-order valence-corrected chi connectivity index (χ3v) is 4.05. The van der Waals surface area contributed by atoms with Crippen LogP contribution >= 0.6 is 0 Å². The van der Waals surface area contributed by atoms with Gasteiger partial charge in [0.25, 0.3) is 5.91 Å². The minimum Gasteiger partial charge on any atom is -0.369 e. The standard InChI is InChI=1S/C15H16FN5O2/c1-9-13(15(23)20-7-6-10(8-20)14(17)22)18-19-21(9)12-4-2-11(16)3-5-12/h2-5,10H,6-8H2,1H3,(H2,17,22)/t10-/m0/s1. The molecule has 0 bridgehead atoms. The van der Waals surface area contributed by atoms with E-state index < -0.39 is 5.91 Å². The lowest BCUT2D eigenvalue weighted by atomic mass is 10.1. The van der Waals surface area contributed by atoms with Gasteiger partial charge in [-0.2, -0.15) is 0 Å². The Morgan fingerprint density at radius 2 is 2.00 bits per heavy atom. The van der Waals surface area contributed by atoms with E-state index in [9.17, 15) is 14.0 Å². The fourth-order valence-electron chi connectivity index (χ4n) is 2.68. The second kappa shape index (κ2) is 5.79. The molecule has 1 aliphatic heterocycles. The van der Waals surface area contributed by atoms with E-state index in [0.717, 1.165) is 0 Å². The maximum Gasteiger partial charge on any atom is 0.276 e. The average Bonchev–Trinajstić information content (AvgIpc) is 3.15.